The van der Waals surface area contributed by atoms with Crippen LogP contribution in [-0.4, -0.2) is 26.4 Å². The second-order valence-electron chi connectivity index (χ2n) is 11.2. The molecule has 0 radical (unpaired) electrons. The average Bonchev–Trinajstić information content (AvgIpc) is 3.14. The van der Waals surface area contributed by atoms with E-state index < -0.39 is 15.8 Å². The Morgan fingerprint density at radius 1 is 0.326 bits per heavy atom. The SMILES string of the molecule is CO[C@@H]([C@H](OC)[C@@H](c1ccccc1)P(c1ccccc1)c1ccccc1)[C@@H](c1ccccc1)P(c1ccccc1)c1ccccc1. The second-order valence-corrected chi connectivity index (χ2v) is 15.9. The van der Waals surface area contributed by atoms with E-state index in [4.69, 9.17) is 9.47 Å². The monoisotopic (exact) mass is 638 g/mol. The van der Waals surface area contributed by atoms with Crippen LogP contribution in [0.25, 0.3) is 0 Å². The van der Waals surface area contributed by atoms with Gasteiger partial charge in [-0.1, -0.05) is 182 Å². The van der Waals surface area contributed by atoms with Gasteiger partial charge in [0.15, 0.2) is 0 Å². The zero-order valence-electron chi connectivity index (χ0n) is 26.3. The first kappa shape index (κ1) is 32.1. The molecule has 4 atom stereocenters. The van der Waals surface area contributed by atoms with Gasteiger partial charge in [-0.2, -0.15) is 0 Å². The van der Waals surface area contributed by atoms with Gasteiger partial charge in [0.1, 0.15) is 0 Å². The molecule has 6 rings (SSSR count). The highest BCUT2D eigenvalue weighted by molar-refractivity contribution is 7.73. The molecule has 0 aliphatic rings. The Labute approximate surface area is 276 Å². The summed E-state index contributed by atoms with van der Waals surface area (Å²) in [7, 11) is 1.95. The van der Waals surface area contributed by atoms with Crippen LogP contribution in [0.15, 0.2) is 182 Å². The quantitative estimate of drug-likeness (QED) is 0.118. The van der Waals surface area contributed by atoms with Gasteiger partial charge in [0, 0.05) is 25.5 Å². The molecule has 0 bridgehead atoms. The standard InChI is InChI=1S/C42H40O2P2/c1-43-39(41(33-21-9-3-10-22-33)45(35-25-13-5-14-26-35)36-27-15-6-16-28-36)40(44-2)42(34-23-11-4-12-24-34)46(37-29-17-7-18-30-37)38-31-19-8-20-32-38/h3-32,39-42H,1-2H3/t39-,40-,41+,42+/m0/s1. The molecule has 0 saturated heterocycles. The van der Waals surface area contributed by atoms with Crippen LogP contribution in [0.1, 0.15) is 22.4 Å². The van der Waals surface area contributed by atoms with Crippen LogP contribution in [0.5, 0.6) is 0 Å². The minimum atomic E-state index is -0.893. The molecule has 2 nitrogen and oxygen atoms in total. The summed E-state index contributed by atoms with van der Waals surface area (Å²) in [6.45, 7) is 0. The van der Waals surface area contributed by atoms with E-state index >= 15 is 0 Å². The summed E-state index contributed by atoms with van der Waals surface area (Å²) in [5.41, 5.74) is 2.55. The average molecular weight is 639 g/mol. The molecule has 230 valence electrons. The van der Waals surface area contributed by atoms with E-state index in [1.807, 2.05) is 14.2 Å². The van der Waals surface area contributed by atoms with E-state index in [1.54, 1.807) is 0 Å². The third-order valence-corrected chi connectivity index (χ3v) is 14.2. The van der Waals surface area contributed by atoms with Gasteiger partial charge in [0.25, 0.3) is 0 Å². The fraction of sp³-hybridized carbons (Fsp3) is 0.143. The minimum absolute atomic E-state index is 0.0190. The molecule has 6 aromatic rings. The van der Waals surface area contributed by atoms with Crippen LogP contribution < -0.4 is 21.2 Å². The predicted octanol–water partition coefficient (Wildman–Crippen LogP) is 8.76. The van der Waals surface area contributed by atoms with E-state index in [9.17, 15) is 0 Å². The van der Waals surface area contributed by atoms with Crippen molar-refractivity contribution >= 4 is 37.1 Å². The Balaban J connectivity index is 1.58. The first-order valence-electron chi connectivity index (χ1n) is 15.7. The fourth-order valence-electron chi connectivity index (χ4n) is 6.45. The zero-order chi connectivity index (χ0) is 31.6. The Hall–Kier alpha value is -3.90. The van der Waals surface area contributed by atoms with Gasteiger partial charge in [-0.05, 0) is 48.2 Å². The van der Waals surface area contributed by atoms with Gasteiger partial charge in [-0.15, -0.1) is 0 Å². The molecule has 0 fully saturated rings. The fourth-order valence-corrected chi connectivity index (χ4v) is 12.4. The molecule has 0 aromatic heterocycles. The van der Waals surface area contributed by atoms with Crippen molar-refractivity contribution in [3.05, 3.63) is 193 Å². The second kappa shape index (κ2) is 16.1. The summed E-state index contributed by atoms with van der Waals surface area (Å²) in [5, 5.41) is 5.27. The Morgan fingerprint density at radius 3 is 0.761 bits per heavy atom. The van der Waals surface area contributed by atoms with Crippen molar-refractivity contribution in [1.29, 1.82) is 0 Å². The van der Waals surface area contributed by atoms with Gasteiger partial charge >= 0.3 is 0 Å². The van der Waals surface area contributed by atoms with Crippen molar-refractivity contribution in [2.75, 3.05) is 14.2 Å². The van der Waals surface area contributed by atoms with Crippen LogP contribution >= 0.6 is 15.8 Å². The molecule has 0 aliphatic carbocycles. The molecule has 0 saturated carbocycles. The van der Waals surface area contributed by atoms with Crippen LogP contribution in [0.4, 0.5) is 0 Å². The molecule has 0 amide bonds. The predicted molar refractivity (Wildman–Crippen MR) is 198 cm³/mol. The molecular formula is C42H40O2P2. The highest BCUT2D eigenvalue weighted by atomic mass is 31.1. The lowest BCUT2D eigenvalue weighted by molar-refractivity contribution is -0.0387. The molecule has 0 heterocycles. The summed E-state index contributed by atoms with van der Waals surface area (Å²) in [4.78, 5) is 0. The van der Waals surface area contributed by atoms with E-state index in [1.165, 1.54) is 32.3 Å². The van der Waals surface area contributed by atoms with Crippen LogP contribution in [-0.2, 0) is 9.47 Å². The van der Waals surface area contributed by atoms with Gasteiger partial charge in [-0.3, -0.25) is 0 Å². The van der Waals surface area contributed by atoms with Gasteiger partial charge in [0.05, 0.1) is 12.2 Å². The molecule has 6 aromatic carbocycles. The zero-order valence-corrected chi connectivity index (χ0v) is 28.1. The van der Waals surface area contributed by atoms with Crippen molar-refractivity contribution in [3.63, 3.8) is 0 Å². The summed E-state index contributed by atoms with van der Waals surface area (Å²) in [6, 6.07) is 65.7. The number of methoxy groups -OCH3 is 2. The molecule has 0 N–H and O–H groups in total. The lowest BCUT2D eigenvalue weighted by atomic mass is 9.97. The third kappa shape index (κ3) is 7.23. The van der Waals surface area contributed by atoms with Crippen molar-refractivity contribution in [2.24, 2.45) is 0 Å². The first-order valence-corrected chi connectivity index (χ1v) is 18.6. The molecule has 0 spiro atoms. The number of hydrogen-bond acceptors (Lipinski definition) is 2. The third-order valence-electron chi connectivity index (χ3n) is 8.47. The van der Waals surface area contributed by atoms with Crippen LogP contribution in [0.2, 0.25) is 0 Å². The Morgan fingerprint density at radius 2 is 0.543 bits per heavy atom. The normalized spacial score (nSPS) is 14.1. The molecule has 46 heavy (non-hydrogen) atoms. The number of benzene rings is 6. The van der Waals surface area contributed by atoms with E-state index in [0.717, 1.165) is 0 Å². The minimum Gasteiger partial charge on any atom is -0.378 e. The van der Waals surface area contributed by atoms with Crippen LogP contribution in [0, 0.1) is 0 Å². The maximum absolute atomic E-state index is 6.77. The van der Waals surface area contributed by atoms with Gasteiger partial charge < -0.3 is 9.47 Å². The maximum Gasteiger partial charge on any atom is 0.0956 e. The van der Waals surface area contributed by atoms with E-state index in [-0.39, 0.29) is 23.5 Å². The number of ether oxygens (including phenoxy) is 2. The van der Waals surface area contributed by atoms with Gasteiger partial charge in [0.2, 0.25) is 0 Å². The maximum atomic E-state index is 6.77. The Bertz CT molecular complexity index is 1510. The highest BCUT2D eigenvalue weighted by Gasteiger charge is 2.44. The van der Waals surface area contributed by atoms with E-state index in [2.05, 4.69) is 182 Å². The van der Waals surface area contributed by atoms with E-state index in [0.29, 0.717) is 0 Å². The molecule has 4 heteroatoms. The van der Waals surface area contributed by atoms with Gasteiger partial charge in [-0.25, -0.2) is 0 Å². The van der Waals surface area contributed by atoms with Crippen LogP contribution in [0.3, 0.4) is 0 Å². The largest absolute Gasteiger partial charge is 0.378 e. The molecular weight excluding hydrogens is 598 g/mol. The molecule has 0 aliphatic heterocycles. The van der Waals surface area contributed by atoms with Crippen molar-refractivity contribution < 1.29 is 9.47 Å². The number of hydrogen-bond donors (Lipinski definition) is 0. The molecule has 0 unspecified atom stereocenters. The highest BCUT2D eigenvalue weighted by Crippen LogP contribution is 2.58. The Kier molecular flexibility index (Phi) is 11.2. The number of rotatable bonds is 13. The van der Waals surface area contributed by atoms with Crippen molar-refractivity contribution in [1.82, 2.24) is 0 Å². The summed E-state index contributed by atoms with van der Waals surface area (Å²) >= 11 is 0. The van der Waals surface area contributed by atoms with Crippen molar-refractivity contribution in [3.8, 4) is 0 Å². The first-order chi connectivity index (χ1) is 22.8. The summed E-state index contributed by atoms with van der Waals surface area (Å²) in [5.74, 6) is 0. The topological polar surface area (TPSA) is 18.5 Å². The smallest absolute Gasteiger partial charge is 0.0956 e. The van der Waals surface area contributed by atoms with Crippen molar-refractivity contribution in [2.45, 2.75) is 23.5 Å². The summed E-state index contributed by atoms with van der Waals surface area (Å²) < 4.78 is 13.5. The summed E-state index contributed by atoms with van der Waals surface area (Å²) in [6.07, 6.45) is -0.525. The lowest BCUT2D eigenvalue weighted by Crippen LogP contribution is -2.42. The lowest BCUT2D eigenvalue weighted by Gasteiger charge is -2.43.